The molecule has 2 fully saturated rings. The lowest BCUT2D eigenvalue weighted by Crippen LogP contribution is -2.54. The average Bonchev–Trinajstić information content (AvgIpc) is 2.69. The summed E-state index contributed by atoms with van der Waals surface area (Å²) in [6.07, 6.45) is 5.90. The summed E-state index contributed by atoms with van der Waals surface area (Å²) in [7, 11) is 0. The average molecular weight is 359 g/mol. The maximum Gasteiger partial charge on any atom is 0.340 e. The van der Waals surface area contributed by atoms with Crippen LogP contribution in [0, 0.1) is 0 Å². The van der Waals surface area contributed by atoms with Gasteiger partial charge in [-0.1, -0.05) is 31.4 Å². The quantitative estimate of drug-likeness (QED) is 0.840. The third-order valence-electron chi connectivity index (χ3n) is 5.24. The molecule has 3 rings (SSSR count). The molecule has 1 saturated carbocycles. The molecule has 1 aromatic carbocycles. The molecule has 1 aliphatic heterocycles. The van der Waals surface area contributed by atoms with Crippen LogP contribution in [0.2, 0.25) is 0 Å². The molecule has 1 N–H and O–H groups in total. The topological polar surface area (TPSA) is 61.9 Å². The van der Waals surface area contributed by atoms with Gasteiger partial charge in [0.15, 0.2) is 0 Å². The Morgan fingerprint density at radius 2 is 1.77 bits per heavy atom. The van der Waals surface area contributed by atoms with Crippen LogP contribution in [-0.2, 0) is 4.74 Å². The van der Waals surface area contributed by atoms with Crippen molar-refractivity contribution >= 4 is 17.7 Å². The van der Waals surface area contributed by atoms with E-state index in [-0.39, 0.29) is 12.0 Å². The summed E-state index contributed by atoms with van der Waals surface area (Å²) in [6, 6.07) is 7.91. The van der Waals surface area contributed by atoms with Crippen molar-refractivity contribution < 1.29 is 14.3 Å². The molecule has 0 aromatic heterocycles. The second-order valence-electron chi connectivity index (χ2n) is 7.00. The Morgan fingerprint density at radius 3 is 2.46 bits per heavy atom. The maximum absolute atomic E-state index is 12.5. The summed E-state index contributed by atoms with van der Waals surface area (Å²) in [5.41, 5.74) is 1.48. The Bertz CT molecular complexity index is 620. The number of benzene rings is 1. The van der Waals surface area contributed by atoms with Gasteiger partial charge in [0, 0.05) is 32.2 Å². The first-order valence-corrected chi connectivity index (χ1v) is 9.75. The predicted molar refractivity (Wildman–Crippen MR) is 102 cm³/mol. The number of hydrogen-bond donors (Lipinski definition) is 1. The third-order valence-corrected chi connectivity index (χ3v) is 5.24. The molecule has 26 heavy (non-hydrogen) atoms. The highest BCUT2D eigenvalue weighted by Gasteiger charge is 2.26. The first kappa shape index (κ1) is 18.5. The number of nitrogens with zero attached hydrogens (tertiary/aromatic N) is 2. The largest absolute Gasteiger partial charge is 0.462 e. The van der Waals surface area contributed by atoms with Crippen molar-refractivity contribution in [2.75, 3.05) is 37.7 Å². The second kappa shape index (κ2) is 8.92. The van der Waals surface area contributed by atoms with E-state index in [1.165, 1.54) is 19.3 Å². The highest BCUT2D eigenvalue weighted by Crippen LogP contribution is 2.23. The van der Waals surface area contributed by atoms with Gasteiger partial charge in [-0.25, -0.2) is 9.59 Å². The number of piperazine rings is 1. The lowest BCUT2D eigenvalue weighted by atomic mass is 9.96. The summed E-state index contributed by atoms with van der Waals surface area (Å²) in [4.78, 5) is 28.7. The van der Waals surface area contributed by atoms with Crippen molar-refractivity contribution in [3.8, 4) is 0 Å². The lowest BCUT2D eigenvalue weighted by molar-refractivity contribution is 0.0527. The van der Waals surface area contributed by atoms with E-state index in [9.17, 15) is 9.59 Å². The zero-order valence-corrected chi connectivity index (χ0v) is 15.6. The summed E-state index contributed by atoms with van der Waals surface area (Å²) >= 11 is 0. The molecule has 6 heteroatoms. The van der Waals surface area contributed by atoms with Crippen LogP contribution in [0.1, 0.15) is 49.4 Å². The van der Waals surface area contributed by atoms with Crippen LogP contribution >= 0.6 is 0 Å². The molecule has 0 radical (unpaired) electrons. The van der Waals surface area contributed by atoms with Gasteiger partial charge in [0.25, 0.3) is 0 Å². The van der Waals surface area contributed by atoms with Gasteiger partial charge in [0.05, 0.1) is 17.9 Å². The number of nitrogens with one attached hydrogen (secondary N) is 1. The molecule has 1 saturated heterocycles. The molecular weight excluding hydrogens is 330 g/mol. The molecule has 1 heterocycles. The molecule has 0 spiro atoms. The summed E-state index contributed by atoms with van der Waals surface area (Å²) in [5, 5.41) is 3.18. The number of esters is 1. The third kappa shape index (κ3) is 4.48. The number of carbonyl (C=O) groups is 2. The molecule has 0 bridgehead atoms. The zero-order valence-electron chi connectivity index (χ0n) is 15.6. The van der Waals surface area contributed by atoms with Crippen LogP contribution < -0.4 is 10.2 Å². The number of rotatable bonds is 4. The van der Waals surface area contributed by atoms with Gasteiger partial charge < -0.3 is 19.9 Å². The fourth-order valence-corrected chi connectivity index (χ4v) is 3.79. The minimum absolute atomic E-state index is 0.0511. The number of anilines is 1. The Hall–Kier alpha value is -2.24. The van der Waals surface area contributed by atoms with Gasteiger partial charge in [0.1, 0.15) is 0 Å². The number of hydrogen-bond acceptors (Lipinski definition) is 4. The second-order valence-corrected chi connectivity index (χ2v) is 7.00. The zero-order chi connectivity index (χ0) is 18.4. The summed E-state index contributed by atoms with van der Waals surface area (Å²) < 4.78 is 5.16. The fraction of sp³-hybridized carbons (Fsp3) is 0.600. The van der Waals surface area contributed by atoms with E-state index < -0.39 is 0 Å². The summed E-state index contributed by atoms with van der Waals surface area (Å²) in [5.74, 6) is -0.291. The molecule has 1 aliphatic carbocycles. The first-order chi connectivity index (χ1) is 12.7. The normalized spacial score (nSPS) is 18.5. The number of ether oxygens (including phenoxy) is 1. The van der Waals surface area contributed by atoms with Crippen LogP contribution in [0.5, 0.6) is 0 Å². The predicted octanol–water partition coefficient (Wildman–Crippen LogP) is 3.03. The van der Waals surface area contributed by atoms with E-state index in [0.717, 1.165) is 18.5 Å². The monoisotopic (exact) mass is 359 g/mol. The number of urea groups is 1. The van der Waals surface area contributed by atoms with E-state index in [1.54, 1.807) is 6.07 Å². The lowest BCUT2D eigenvalue weighted by Gasteiger charge is -2.37. The van der Waals surface area contributed by atoms with Crippen LogP contribution in [0.4, 0.5) is 10.5 Å². The van der Waals surface area contributed by atoms with Gasteiger partial charge in [-0.3, -0.25) is 0 Å². The Kier molecular flexibility index (Phi) is 6.36. The van der Waals surface area contributed by atoms with Crippen LogP contribution in [0.3, 0.4) is 0 Å². The van der Waals surface area contributed by atoms with Crippen molar-refractivity contribution in [2.45, 2.75) is 45.1 Å². The molecule has 6 nitrogen and oxygen atoms in total. The minimum Gasteiger partial charge on any atom is -0.462 e. The Morgan fingerprint density at radius 1 is 1.08 bits per heavy atom. The Labute approximate surface area is 155 Å². The SMILES string of the molecule is CCOC(=O)c1ccccc1N1CCN(C(=O)NC2CCCCC2)CC1. The highest BCUT2D eigenvalue weighted by atomic mass is 16.5. The molecule has 1 aromatic rings. The molecule has 2 aliphatic rings. The number of para-hydroxylation sites is 1. The molecule has 142 valence electrons. The van der Waals surface area contributed by atoms with Crippen molar-refractivity contribution in [2.24, 2.45) is 0 Å². The first-order valence-electron chi connectivity index (χ1n) is 9.75. The standard InChI is InChI=1S/C20H29N3O3/c1-2-26-19(24)17-10-6-7-11-18(17)22-12-14-23(15-13-22)20(25)21-16-8-4-3-5-9-16/h6-7,10-11,16H,2-5,8-9,12-15H2,1H3,(H,21,25). The van der Waals surface area contributed by atoms with E-state index in [2.05, 4.69) is 10.2 Å². The van der Waals surface area contributed by atoms with Gasteiger partial charge >= 0.3 is 12.0 Å². The van der Waals surface area contributed by atoms with Crippen molar-refractivity contribution in [3.05, 3.63) is 29.8 Å². The maximum atomic E-state index is 12.5. The van der Waals surface area contributed by atoms with Crippen LogP contribution in [-0.4, -0.2) is 55.7 Å². The number of amides is 2. The van der Waals surface area contributed by atoms with Gasteiger partial charge in [-0.2, -0.15) is 0 Å². The highest BCUT2D eigenvalue weighted by molar-refractivity contribution is 5.96. The molecule has 0 unspecified atom stereocenters. The fourth-order valence-electron chi connectivity index (χ4n) is 3.79. The van der Waals surface area contributed by atoms with E-state index in [1.807, 2.05) is 30.0 Å². The van der Waals surface area contributed by atoms with Gasteiger partial charge in [-0.05, 0) is 31.9 Å². The van der Waals surface area contributed by atoms with E-state index in [4.69, 9.17) is 4.74 Å². The minimum atomic E-state index is -0.291. The summed E-state index contributed by atoms with van der Waals surface area (Å²) in [6.45, 7) is 4.93. The van der Waals surface area contributed by atoms with E-state index >= 15 is 0 Å². The van der Waals surface area contributed by atoms with Crippen molar-refractivity contribution in [3.63, 3.8) is 0 Å². The number of carbonyl (C=O) groups excluding carboxylic acids is 2. The van der Waals surface area contributed by atoms with E-state index in [0.29, 0.717) is 44.4 Å². The Balaban J connectivity index is 1.57. The molecular formula is C20H29N3O3. The van der Waals surface area contributed by atoms with Crippen LogP contribution in [0.15, 0.2) is 24.3 Å². The van der Waals surface area contributed by atoms with Crippen molar-refractivity contribution in [1.82, 2.24) is 10.2 Å². The van der Waals surface area contributed by atoms with Crippen molar-refractivity contribution in [1.29, 1.82) is 0 Å². The molecule has 2 amide bonds. The smallest absolute Gasteiger partial charge is 0.340 e. The van der Waals surface area contributed by atoms with Gasteiger partial charge in [-0.15, -0.1) is 0 Å². The molecule has 0 atom stereocenters. The van der Waals surface area contributed by atoms with Crippen LogP contribution in [0.25, 0.3) is 0 Å². The van der Waals surface area contributed by atoms with Gasteiger partial charge in [0.2, 0.25) is 0 Å².